The fraction of sp³-hybridized carbons (Fsp3) is 0.0476. The van der Waals surface area contributed by atoms with E-state index in [-0.39, 0.29) is 5.91 Å². The predicted molar refractivity (Wildman–Crippen MR) is 107 cm³/mol. The lowest BCUT2D eigenvalue weighted by Crippen LogP contribution is -2.07. The van der Waals surface area contributed by atoms with Crippen LogP contribution in [0.4, 0.5) is 5.69 Å². The summed E-state index contributed by atoms with van der Waals surface area (Å²) < 4.78 is 12.6. The second-order valence-electron chi connectivity index (χ2n) is 6.03. The van der Waals surface area contributed by atoms with Crippen LogP contribution in [0.5, 0.6) is 11.6 Å². The van der Waals surface area contributed by atoms with E-state index in [0.29, 0.717) is 34.7 Å². The van der Waals surface area contributed by atoms with Gasteiger partial charge in [-0.1, -0.05) is 0 Å². The van der Waals surface area contributed by atoms with Gasteiger partial charge in [0, 0.05) is 30.2 Å². The van der Waals surface area contributed by atoms with Gasteiger partial charge in [0.25, 0.3) is 0 Å². The molecule has 0 fully saturated rings. The summed E-state index contributed by atoms with van der Waals surface area (Å²) in [7, 11) is 0. The average Bonchev–Trinajstić information content (AvgIpc) is 3.42. The summed E-state index contributed by atoms with van der Waals surface area (Å²) in [4.78, 5) is 20.6. The van der Waals surface area contributed by atoms with Gasteiger partial charge in [-0.05, 0) is 55.5 Å². The number of benzene rings is 1. The van der Waals surface area contributed by atoms with Gasteiger partial charge in [-0.25, -0.2) is 9.67 Å². The third kappa shape index (κ3) is 4.75. The molecular weight excluding hydrogens is 370 g/mol. The number of nitrogens with one attached hydrogen (secondary N) is 1. The molecule has 4 aromatic rings. The Bertz CT molecular complexity index is 1120. The van der Waals surface area contributed by atoms with Gasteiger partial charge in [0.05, 0.1) is 6.26 Å². The van der Waals surface area contributed by atoms with Crippen molar-refractivity contribution in [3.63, 3.8) is 0 Å². The first-order chi connectivity index (χ1) is 14.2. The van der Waals surface area contributed by atoms with Gasteiger partial charge in [-0.15, -0.1) is 0 Å². The fourth-order valence-electron chi connectivity index (χ4n) is 2.55. The van der Waals surface area contributed by atoms with E-state index in [2.05, 4.69) is 20.4 Å². The maximum Gasteiger partial charge on any atom is 0.248 e. The molecule has 144 valence electrons. The van der Waals surface area contributed by atoms with Gasteiger partial charge in [-0.3, -0.25) is 4.79 Å². The van der Waals surface area contributed by atoms with Crippen LogP contribution >= 0.6 is 0 Å². The molecule has 3 heterocycles. The molecule has 0 aliphatic rings. The van der Waals surface area contributed by atoms with Gasteiger partial charge in [0.2, 0.25) is 11.8 Å². The smallest absolute Gasteiger partial charge is 0.248 e. The predicted octanol–water partition coefficient (Wildman–Crippen LogP) is 4.01. The largest absolute Gasteiger partial charge is 0.465 e. The molecule has 29 heavy (non-hydrogen) atoms. The Morgan fingerprint density at radius 1 is 1.17 bits per heavy atom. The third-order valence-corrected chi connectivity index (χ3v) is 3.83. The van der Waals surface area contributed by atoms with E-state index in [1.165, 1.54) is 6.08 Å². The highest BCUT2D eigenvalue weighted by Crippen LogP contribution is 2.23. The lowest BCUT2D eigenvalue weighted by atomic mass is 10.3. The number of ether oxygens (including phenoxy) is 1. The minimum Gasteiger partial charge on any atom is -0.465 e. The van der Waals surface area contributed by atoms with Crippen LogP contribution in [0, 0.1) is 6.92 Å². The van der Waals surface area contributed by atoms with Crippen molar-refractivity contribution in [1.29, 1.82) is 0 Å². The molecule has 0 radical (unpaired) electrons. The van der Waals surface area contributed by atoms with Gasteiger partial charge >= 0.3 is 0 Å². The number of nitrogens with zero attached hydrogens (tertiary/aromatic N) is 4. The zero-order valence-corrected chi connectivity index (χ0v) is 15.5. The second-order valence-corrected chi connectivity index (χ2v) is 6.03. The Morgan fingerprint density at radius 3 is 2.76 bits per heavy atom. The van der Waals surface area contributed by atoms with Crippen LogP contribution in [0.2, 0.25) is 0 Å². The molecule has 1 N–H and O–H groups in total. The minimum absolute atomic E-state index is 0.259. The quantitative estimate of drug-likeness (QED) is 0.502. The standard InChI is InChI=1S/C21H17N5O3/c1-15-23-19(26-12-3-11-22-26)14-21(24-15)29-18-7-5-16(6-8-18)25-20(27)10-9-17-4-2-13-28-17/h2-14H,1H3,(H,25,27)/b10-9+. The van der Waals surface area contributed by atoms with E-state index in [9.17, 15) is 4.79 Å². The van der Waals surface area contributed by atoms with Crippen LogP contribution in [-0.4, -0.2) is 25.7 Å². The number of carbonyl (C=O) groups is 1. The van der Waals surface area contributed by atoms with Gasteiger partial charge in [0.1, 0.15) is 17.3 Å². The molecule has 8 nitrogen and oxygen atoms in total. The Morgan fingerprint density at radius 2 is 2.03 bits per heavy atom. The number of hydrogen-bond acceptors (Lipinski definition) is 6. The molecule has 0 saturated carbocycles. The lowest BCUT2D eigenvalue weighted by Gasteiger charge is -2.09. The van der Waals surface area contributed by atoms with Crippen LogP contribution in [-0.2, 0) is 4.79 Å². The van der Waals surface area contributed by atoms with E-state index in [4.69, 9.17) is 9.15 Å². The molecule has 1 amide bonds. The Labute approximate surface area is 166 Å². The van der Waals surface area contributed by atoms with Crippen molar-refractivity contribution in [3.05, 3.63) is 84.8 Å². The SMILES string of the molecule is Cc1nc(Oc2ccc(NC(=O)/C=C/c3ccco3)cc2)cc(-n2cccn2)n1. The monoisotopic (exact) mass is 387 g/mol. The van der Waals surface area contributed by atoms with Crippen molar-refractivity contribution in [2.24, 2.45) is 0 Å². The van der Waals surface area contributed by atoms with E-state index in [0.717, 1.165) is 0 Å². The first kappa shape index (κ1) is 18.2. The van der Waals surface area contributed by atoms with Crippen molar-refractivity contribution >= 4 is 17.7 Å². The number of furan rings is 1. The molecule has 8 heteroatoms. The molecule has 3 aromatic heterocycles. The molecule has 0 spiro atoms. The number of rotatable bonds is 6. The molecule has 0 aliphatic heterocycles. The third-order valence-electron chi connectivity index (χ3n) is 3.83. The molecular formula is C21H17N5O3. The van der Waals surface area contributed by atoms with Crippen molar-refractivity contribution in [2.75, 3.05) is 5.32 Å². The molecule has 0 saturated heterocycles. The number of amides is 1. The van der Waals surface area contributed by atoms with Crippen molar-refractivity contribution in [1.82, 2.24) is 19.7 Å². The van der Waals surface area contributed by atoms with Crippen LogP contribution in [0.3, 0.4) is 0 Å². The topological polar surface area (TPSA) is 95.1 Å². The Hall–Kier alpha value is -4.20. The van der Waals surface area contributed by atoms with Crippen molar-refractivity contribution in [3.8, 4) is 17.4 Å². The molecule has 0 unspecified atom stereocenters. The van der Waals surface area contributed by atoms with E-state index >= 15 is 0 Å². The van der Waals surface area contributed by atoms with Crippen LogP contribution in [0.25, 0.3) is 11.9 Å². The molecule has 1 aromatic carbocycles. The number of aromatic nitrogens is 4. The van der Waals surface area contributed by atoms with E-state index in [1.54, 1.807) is 78.8 Å². The highest BCUT2D eigenvalue weighted by Gasteiger charge is 2.07. The number of aryl methyl sites for hydroxylation is 1. The van der Waals surface area contributed by atoms with Crippen molar-refractivity contribution < 1.29 is 13.9 Å². The van der Waals surface area contributed by atoms with Gasteiger partial charge < -0.3 is 14.5 Å². The number of hydrogen-bond donors (Lipinski definition) is 1. The van der Waals surface area contributed by atoms with E-state index < -0.39 is 0 Å². The first-order valence-corrected chi connectivity index (χ1v) is 8.82. The first-order valence-electron chi connectivity index (χ1n) is 8.82. The van der Waals surface area contributed by atoms with Gasteiger partial charge in [-0.2, -0.15) is 10.1 Å². The number of carbonyl (C=O) groups excluding carboxylic acids is 1. The maximum absolute atomic E-state index is 12.0. The summed E-state index contributed by atoms with van der Waals surface area (Å²) in [5.41, 5.74) is 0.641. The zero-order chi connectivity index (χ0) is 20.1. The summed E-state index contributed by atoms with van der Waals surface area (Å²) in [5.74, 6) is 2.52. The molecule has 4 rings (SSSR count). The normalized spacial score (nSPS) is 10.9. The maximum atomic E-state index is 12.0. The van der Waals surface area contributed by atoms with Crippen LogP contribution in [0.15, 0.2) is 77.7 Å². The van der Waals surface area contributed by atoms with Crippen LogP contribution < -0.4 is 10.1 Å². The summed E-state index contributed by atoms with van der Waals surface area (Å²) in [6.07, 6.45) is 8.02. The molecule has 0 bridgehead atoms. The summed E-state index contributed by atoms with van der Waals surface area (Å²) in [5, 5.41) is 6.94. The average molecular weight is 387 g/mol. The molecule has 0 aliphatic carbocycles. The van der Waals surface area contributed by atoms with Crippen LogP contribution in [0.1, 0.15) is 11.6 Å². The highest BCUT2D eigenvalue weighted by atomic mass is 16.5. The summed E-state index contributed by atoms with van der Waals surface area (Å²) in [6, 6.07) is 14.0. The fourth-order valence-corrected chi connectivity index (χ4v) is 2.55. The van der Waals surface area contributed by atoms with Gasteiger partial charge in [0.15, 0.2) is 5.82 Å². The second kappa shape index (κ2) is 8.22. The number of anilines is 1. The lowest BCUT2D eigenvalue weighted by molar-refractivity contribution is -0.111. The minimum atomic E-state index is -0.259. The highest BCUT2D eigenvalue weighted by molar-refractivity contribution is 6.01. The van der Waals surface area contributed by atoms with E-state index in [1.807, 2.05) is 6.07 Å². The summed E-state index contributed by atoms with van der Waals surface area (Å²) >= 11 is 0. The zero-order valence-electron chi connectivity index (χ0n) is 15.5. The summed E-state index contributed by atoms with van der Waals surface area (Å²) in [6.45, 7) is 1.79. The molecule has 0 atom stereocenters. The Kier molecular flexibility index (Phi) is 5.15. The Balaban J connectivity index is 1.41. The van der Waals surface area contributed by atoms with Crippen molar-refractivity contribution in [2.45, 2.75) is 6.92 Å².